The van der Waals surface area contributed by atoms with Crippen LogP contribution in [0.2, 0.25) is 0 Å². The monoisotopic (exact) mass is 678 g/mol. The lowest BCUT2D eigenvalue weighted by atomic mass is 10.0. The molecular weight excluding hydrogens is 628 g/mol. The van der Waals surface area contributed by atoms with E-state index in [-0.39, 0.29) is 24.0 Å². The van der Waals surface area contributed by atoms with Crippen molar-refractivity contribution >= 4 is 17.7 Å². The van der Waals surface area contributed by atoms with Crippen LogP contribution >= 0.6 is 11.8 Å². The molecule has 0 N–H and O–H groups in total. The Balaban J connectivity index is 1.67. The predicted molar refractivity (Wildman–Crippen MR) is 177 cm³/mol. The fourth-order valence-corrected chi connectivity index (χ4v) is 5.76. The number of thioether (sulfide) groups is 1. The fourth-order valence-electron chi connectivity index (χ4n) is 4.79. The molecule has 1 heterocycles. The number of hydrogen-bond acceptors (Lipinski definition) is 5. The number of aromatic nitrogens is 2. The molecule has 0 saturated heterocycles. The first-order valence-electron chi connectivity index (χ1n) is 20.7. The van der Waals surface area contributed by atoms with E-state index in [4.69, 9.17) is 16.4 Å². The third kappa shape index (κ3) is 8.70. The van der Waals surface area contributed by atoms with Crippen LogP contribution in [0.3, 0.4) is 0 Å². The third-order valence-corrected chi connectivity index (χ3v) is 8.38. The van der Waals surface area contributed by atoms with Crippen LogP contribution in [0.25, 0.3) is 11.1 Å². The fraction of sp³-hybridized carbons (Fsp3) is 0.361. The maximum atomic E-state index is 14.6. The lowest BCUT2D eigenvalue weighted by Gasteiger charge is -2.28. The van der Waals surface area contributed by atoms with E-state index in [0.717, 1.165) is 16.7 Å². The molecule has 5 rings (SSSR count). The van der Waals surface area contributed by atoms with Gasteiger partial charge in [0.05, 0.1) is 19.3 Å². The number of nitrogens with zero attached hydrogens (tertiary/aromatic N) is 4. The van der Waals surface area contributed by atoms with Crippen molar-refractivity contribution in [3.8, 4) is 11.1 Å². The van der Waals surface area contributed by atoms with Gasteiger partial charge in [0.2, 0.25) is 5.91 Å². The van der Waals surface area contributed by atoms with Crippen LogP contribution in [0.15, 0.2) is 82.6 Å². The van der Waals surface area contributed by atoms with E-state index in [1.54, 1.807) is 13.8 Å². The van der Waals surface area contributed by atoms with Crippen LogP contribution in [0, 0.1) is 5.82 Å². The average molecular weight is 679 g/mol. The van der Waals surface area contributed by atoms with Crippen molar-refractivity contribution in [1.29, 1.82) is 0 Å². The minimum absolute atomic E-state index is 0.0316. The molecule has 0 atom stereocenters. The summed E-state index contributed by atoms with van der Waals surface area (Å²) in [6.45, 7) is -5.03. The molecule has 1 aromatic heterocycles. The van der Waals surface area contributed by atoms with Gasteiger partial charge in [-0.1, -0.05) is 74.0 Å². The molecule has 1 amide bonds. The van der Waals surface area contributed by atoms with E-state index in [2.05, 4.69) is 4.98 Å². The number of rotatable bonds is 13. The van der Waals surface area contributed by atoms with E-state index in [9.17, 15) is 27.2 Å². The summed E-state index contributed by atoms with van der Waals surface area (Å²) >= 11 is 1.04. The summed E-state index contributed by atoms with van der Waals surface area (Å²) in [4.78, 5) is 33.4. The zero-order chi connectivity index (χ0) is 44.1. The summed E-state index contributed by atoms with van der Waals surface area (Å²) in [5.74, 6) is -1.43. The molecule has 0 fully saturated rings. The molecule has 0 bridgehead atoms. The lowest BCUT2D eigenvalue weighted by molar-refractivity contribution is -0.137. The van der Waals surface area contributed by atoms with Crippen LogP contribution in [0.4, 0.5) is 17.6 Å². The maximum Gasteiger partial charge on any atom is 0.416 e. The van der Waals surface area contributed by atoms with Gasteiger partial charge in [-0.2, -0.15) is 18.2 Å². The summed E-state index contributed by atoms with van der Waals surface area (Å²) in [5.41, 5.74) is -3.54. The molecule has 4 aromatic rings. The molecule has 0 spiro atoms. The molecule has 1 aliphatic carbocycles. The van der Waals surface area contributed by atoms with Crippen molar-refractivity contribution in [3.05, 3.63) is 117 Å². The minimum atomic E-state index is -5.31. The van der Waals surface area contributed by atoms with Crippen LogP contribution in [0.1, 0.15) is 64.7 Å². The van der Waals surface area contributed by atoms with Gasteiger partial charge in [0.1, 0.15) is 12.4 Å². The van der Waals surface area contributed by atoms with E-state index in [0.29, 0.717) is 41.0 Å². The number of carbonyl (C=O) groups excluding carboxylic acids is 1. The van der Waals surface area contributed by atoms with Gasteiger partial charge in [-0.05, 0) is 78.8 Å². The van der Waals surface area contributed by atoms with E-state index in [1.165, 1.54) is 28.8 Å². The highest BCUT2D eigenvalue weighted by Crippen LogP contribution is 2.31. The topological polar surface area (TPSA) is 58.4 Å². The normalized spacial score (nSPS) is 17.1. The first-order valence-corrected chi connectivity index (χ1v) is 15.7. The number of benzene rings is 3. The molecule has 0 aliphatic heterocycles. The van der Waals surface area contributed by atoms with E-state index < -0.39 is 120 Å². The molecule has 47 heavy (non-hydrogen) atoms. The summed E-state index contributed by atoms with van der Waals surface area (Å²) in [5, 5.41) is 0.0469. The predicted octanol–water partition coefficient (Wildman–Crippen LogP) is 7.22. The van der Waals surface area contributed by atoms with Crippen LogP contribution in [-0.2, 0) is 42.7 Å². The minimum Gasteiger partial charge on any atom is -0.336 e. The Bertz CT molecular complexity index is 2300. The van der Waals surface area contributed by atoms with Crippen LogP contribution in [-0.4, -0.2) is 51.3 Å². The largest absolute Gasteiger partial charge is 0.416 e. The van der Waals surface area contributed by atoms with E-state index in [1.807, 2.05) is 0 Å². The number of amides is 1. The van der Waals surface area contributed by atoms with E-state index >= 15 is 0 Å². The molecule has 1 aliphatic rings. The summed E-state index contributed by atoms with van der Waals surface area (Å²) in [6, 6.07) is -4.15. The lowest BCUT2D eigenvalue weighted by Crippen LogP contribution is -2.40. The Morgan fingerprint density at radius 3 is 2.21 bits per heavy atom. The van der Waals surface area contributed by atoms with Gasteiger partial charge in [0, 0.05) is 39.3 Å². The number of alkyl halides is 3. The van der Waals surface area contributed by atoms with Crippen LogP contribution in [0.5, 0.6) is 0 Å². The zero-order valence-corrected chi connectivity index (χ0v) is 26.3. The number of likely N-dealkylation sites (N-methyl/N-ethyl adjacent to an activating group) is 1. The molecule has 0 saturated carbocycles. The van der Waals surface area contributed by atoms with Gasteiger partial charge >= 0.3 is 6.18 Å². The Hall–Kier alpha value is -3.96. The Kier molecular flexibility index (Phi) is 7.10. The molecule has 6 nitrogen and oxygen atoms in total. The van der Waals surface area contributed by atoms with Crippen molar-refractivity contribution in [2.45, 2.75) is 63.3 Å². The number of hydrogen-bond donors (Lipinski definition) is 0. The second kappa shape index (κ2) is 15.3. The molecular formula is C36H38F4N4O2S. The molecule has 0 unspecified atom stereocenters. The molecule has 0 radical (unpaired) electrons. The van der Waals surface area contributed by atoms with Crippen molar-refractivity contribution in [3.63, 3.8) is 0 Å². The first-order chi connectivity index (χ1) is 27.4. The zero-order valence-electron chi connectivity index (χ0n) is 37.5. The van der Waals surface area contributed by atoms with Gasteiger partial charge in [-0.3, -0.25) is 9.59 Å². The Morgan fingerprint density at radius 2 is 1.60 bits per heavy atom. The van der Waals surface area contributed by atoms with Crippen molar-refractivity contribution in [1.82, 2.24) is 19.4 Å². The molecule has 11 heteroatoms. The highest BCUT2D eigenvalue weighted by molar-refractivity contribution is 7.98. The maximum absolute atomic E-state index is 14.6. The third-order valence-electron chi connectivity index (χ3n) is 7.33. The number of carbonyl (C=O) groups is 1. The summed E-state index contributed by atoms with van der Waals surface area (Å²) in [6.07, 6.45) is -4.11. The SMILES string of the molecule is [2H]c1c([2H])c(-c2c([2H])c([2H])c(C(F)(F)F)c([2H])c2[2H])c([2H])c([2H])c1CN(C(=O)Cn1c(SCc2ccc(F)cc2)nc(=O)c2c1CCC2)C([2H])([2H])C([2H])([2H])N(CC)CC. The summed E-state index contributed by atoms with van der Waals surface area (Å²) in [7, 11) is 0. The number of halogens is 4. The first kappa shape index (κ1) is 21.8. The van der Waals surface area contributed by atoms with Gasteiger partial charge in [0.25, 0.3) is 5.56 Å². The quantitative estimate of drug-likeness (QED) is 0.0850. The van der Waals surface area contributed by atoms with Gasteiger partial charge < -0.3 is 14.4 Å². The van der Waals surface area contributed by atoms with Crippen molar-refractivity contribution in [2.24, 2.45) is 0 Å². The van der Waals surface area contributed by atoms with Crippen LogP contribution < -0.4 is 5.56 Å². The summed E-state index contributed by atoms with van der Waals surface area (Å²) < 4.78 is 160. The highest BCUT2D eigenvalue weighted by Gasteiger charge is 2.30. The Morgan fingerprint density at radius 1 is 0.957 bits per heavy atom. The number of fused-ring (bicyclic) bond motifs is 1. The Labute approximate surface area is 293 Å². The van der Waals surface area contributed by atoms with Gasteiger partial charge in [-0.15, -0.1) is 0 Å². The smallest absolute Gasteiger partial charge is 0.336 e. The molecule has 248 valence electrons. The standard InChI is InChI=1S/C36H38F4N4O2S/c1-3-42(4-2)20-21-43(22-25-8-12-27(13-9-25)28-14-16-29(17-15-28)36(38,39)40)33(45)23-44-32-7-5-6-31(32)34(46)41-35(44)47-24-26-10-18-30(37)19-11-26/h8-19H,3-7,20-24H2,1-2H3/i8D,9D,12D,13D,14D,15D,16D,17D,20D2,21D2. The molecule has 3 aromatic carbocycles. The van der Waals surface area contributed by atoms with Crippen molar-refractivity contribution < 1.29 is 38.8 Å². The highest BCUT2D eigenvalue weighted by atomic mass is 32.2. The average Bonchev–Trinajstić information content (AvgIpc) is 3.66. The van der Waals surface area contributed by atoms with Crippen molar-refractivity contribution in [2.75, 3.05) is 26.1 Å². The van der Waals surface area contributed by atoms with Gasteiger partial charge in [0.15, 0.2) is 5.16 Å². The second-order valence-corrected chi connectivity index (χ2v) is 11.4. The second-order valence-electron chi connectivity index (χ2n) is 10.5. The van der Waals surface area contributed by atoms with Gasteiger partial charge in [-0.25, -0.2) is 4.39 Å².